The highest BCUT2D eigenvalue weighted by molar-refractivity contribution is 14.1. The molecule has 0 aliphatic heterocycles. The van der Waals surface area contributed by atoms with E-state index in [1.165, 1.54) is 0 Å². The Hall–Kier alpha value is -0.190. The molecular formula is C8H7BrIN3. The van der Waals surface area contributed by atoms with Crippen molar-refractivity contribution in [2.75, 3.05) is 0 Å². The van der Waals surface area contributed by atoms with Crippen molar-refractivity contribution < 1.29 is 0 Å². The zero-order chi connectivity index (χ0) is 9.84. The van der Waals surface area contributed by atoms with Crippen molar-refractivity contribution in [2.24, 2.45) is 5.73 Å². The standard InChI is InChI=1S/C8H7BrIN3/c9-8-5(10)1-2-7(13-8)6(12)3-4-11/h1-2,6H,3,12H2/t6-/m0/s1. The molecule has 1 atom stereocenters. The van der Waals surface area contributed by atoms with Gasteiger partial charge in [-0.3, -0.25) is 0 Å². The van der Waals surface area contributed by atoms with Crippen LogP contribution in [0.2, 0.25) is 0 Å². The lowest BCUT2D eigenvalue weighted by Crippen LogP contribution is -2.11. The van der Waals surface area contributed by atoms with Crippen LogP contribution >= 0.6 is 38.5 Å². The second-order valence-electron chi connectivity index (χ2n) is 2.48. The van der Waals surface area contributed by atoms with Gasteiger partial charge in [-0.25, -0.2) is 4.98 Å². The summed E-state index contributed by atoms with van der Waals surface area (Å²) in [5.41, 5.74) is 6.46. The zero-order valence-corrected chi connectivity index (χ0v) is 10.4. The minimum Gasteiger partial charge on any atom is -0.322 e. The number of rotatable bonds is 2. The van der Waals surface area contributed by atoms with Gasteiger partial charge in [0.05, 0.1) is 24.2 Å². The van der Waals surface area contributed by atoms with Crippen LogP contribution in [-0.2, 0) is 0 Å². The van der Waals surface area contributed by atoms with E-state index in [2.05, 4.69) is 43.5 Å². The topological polar surface area (TPSA) is 62.7 Å². The van der Waals surface area contributed by atoms with E-state index in [0.29, 0.717) is 6.42 Å². The van der Waals surface area contributed by atoms with Crippen LogP contribution in [0.15, 0.2) is 16.7 Å². The fourth-order valence-electron chi connectivity index (χ4n) is 0.841. The van der Waals surface area contributed by atoms with Crippen LogP contribution in [-0.4, -0.2) is 4.98 Å². The molecule has 5 heteroatoms. The molecule has 0 fully saturated rings. The van der Waals surface area contributed by atoms with Crippen LogP contribution in [0.3, 0.4) is 0 Å². The van der Waals surface area contributed by atoms with Gasteiger partial charge in [-0.2, -0.15) is 5.26 Å². The highest BCUT2D eigenvalue weighted by Crippen LogP contribution is 2.19. The molecule has 0 saturated carbocycles. The smallest absolute Gasteiger partial charge is 0.119 e. The number of aromatic nitrogens is 1. The highest BCUT2D eigenvalue weighted by Gasteiger charge is 2.08. The highest BCUT2D eigenvalue weighted by atomic mass is 127. The van der Waals surface area contributed by atoms with Gasteiger partial charge in [0.15, 0.2) is 0 Å². The summed E-state index contributed by atoms with van der Waals surface area (Å²) in [4.78, 5) is 4.22. The Bertz CT molecular complexity index is 348. The minimum atomic E-state index is -0.293. The van der Waals surface area contributed by atoms with E-state index in [9.17, 15) is 0 Å². The molecule has 1 heterocycles. The van der Waals surface area contributed by atoms with Gasteiger partial charge in [-0.05, 0) is 50.7 Å². The van der Waals surface area contributed by atoms with Gasteiger partial charge in [0.1, 0.15) is 4.60 Å². The summed E-state index contributed by atoms with van der Waals surface area (Å²) in [6, 6.07) is 5.49. The predicted molar refractivity (Wildman–Crippen MR) is 61.8 cm³/mol. The van der Waals surface area contributed by atoms with Crippen LogP contribution in [0.5, 0.6) is 0 Å². The Morgan fingerprint density at radius 2 is 2.38 bits per heavy atom. The summed E-state index contributed by atoms with van der Waals surface area (Å²) in [6.45, 7) is 0. The number of hydrogen-bond donors (Lipinski definition) is 1. The molecule has 1 aromatic heterocycles. The SMILES string of the molecule is N#CC[C@H](N)c1ccc(I)c(Br)n1. The average Bonchev–Trinajstić information content (AvgIpc) is 2.10. The largest absolute Gasteiger partial charge is 0.322 e. The summed E-state index contributed by atoms with van der Waals surface area (Å²) >= 11 is 5.48. The quantitative estimate of drug-likeness (QED) is 0.657. The van der Waals surface area contributed by atoms with Crippen molar-refractivity contribution in [3.05, 3.63) is 26.0 Å². The average molecular weight is 352 g/mol. The number of nitriles is 1. The lowest BCUT2D eigenvalue weighted by molar-refractivity contribution is 0.717. The molecule has 0 aliphatic rings. The molecule has 3 nitrogen and oxygen atoms in total. The van der Waals surface area contributed by atoms with E-state index in [1.54, 1.807) is 0 Å². The molecule has 0 spiro atoms. The van der Waals surface area contributed by atoms with Gasteiger partial charge in [0.25, 0.3) is 0 Å². The fourth-order valence-corrected chi connectivity index (χ4v) is 1.48. The predicted octanol–water partition coefficient (Wildman–Crippen LogP) is 2.36. The third kappa shape index (κ3) is 2.90. The second kappa shape index (κ2) is 4.88. The van der Waals surface area contributed by atoms with Gasteiger partial charge in [0, 0.05) is 3.57 Å². The normalized spacial score (nSPS) is 12.2. The molecular weight excluding hydrogens is 345 g/mol. The molecule has 0 radical (unpaired) electrons. The summed E-state index contributed by atoms with van der Waals surface area (Å²) < 4.78 is 1.81. The van der Waals surface area contributed by atoms with E-state index in [0.717, 1.165) is 13.9 Å². The monoisotopic (exact) mass is 351 g/mol. The van der Waals surface area contributed by atoms with E-state index in [1.807, 2.05) is 18.2 Å². The molecule has 1 rings (SSSR count). The molecule has 0 saturated heterocycles. The molecule has 2 N–H and O–H groups in total. The maximum absolute atomic E-state index is 8.45. The Balaban J connectivity index is 2.91. The number of nitrogens with two attached hydrogens (primary N) is 1. The zero-order valence-electron chi connectivity index (χ0n) is 6.67. The second-order valence-corrected chi connectivity index (χ2v) is 4.39. The lowest BCUT2D eigenvalue weighted by Gasteiger charge is -2.07. The summed E-state index contributed by atoms with van der Waals surface area (Å²) in [5.74, 6) is 0. The van der Waals surface area contributed by atoms with Gasteiger partial charge in [0.2, 0.25) is 0 Å². The Morgan fingerprint density at radius 1 is 1.69 bits per heavy atom. The summed E-state index contributed by atoms with van der Waals surface area (Å²) in [6.07, 6.45) is 0.292. The van der Waals surface area contributed by atoms with Crippen molar-refractivity contribution in [3.8, 4) is 6.07 Å². The van der Waals surface area contributed by atoms with E-state index in [4.69, 9.17) is 11.0 Å². The van der Waals surface area contributed by atoms with Gasteiger partial charge >= 0.3 is 0 Å². The first-order valence-corrected chi connectivity index (χ1v) is 5.47. The fraction of sp³-hybridized carbons (Fsp3) is 0.250. The molecule has 1 aromatic rings. The Labute approximate surface area is 98.6 Å². The molecule has 13 heavy (non-hydrogen) atoms. The summed E-state index contributed by atoms with van der Waals surface area (Å²) in [5, 5.41) is 8.45. The van der Waals surface area contributed by atoms with Crippen LogP contribution < -0.4 is 5.73 Å². The number of nitrogens with zero attached hydrogens (tertiary/aromatic N) is 2. The van der Waals surface area contributed by atoms with Gasteiger partial charge in [-0.1, -0.05) is 0 Å². The first kappa shape index (κ1) is 10.9. The van der Waals surface area contributed by atoms with Crippen molar-refractivity contribution in [1.82, 2.24) is 4.98 Å². The number of halogens is 2. The van der Waals surface area contributed by atoms with Crippen molar-refractivity contribution in [3.63, 3.8) is 0 Å². The molecule has 0 amide bonds. The van der Waals surface area contributed by atoms with E-state index < -0.39 is 0 Å². The van der Waals surface area contributed by atoms with E-state index >= 15 is 0 Å². The maximum Gasteiger partial charge on any atom is 0.119 e. The minimum absolute atomic E-state index is 0.292. The van der Waals surface area contributed by atoms with Gasteiger partial charge in [-0.15, -0.1) is 0 Å². The third-order valence-electron chi connectivity index (χ3n) is 1.52. The lowest BCUT2D eigenvalue weighted by atomic mass is 10.1. The first-order valence-electron chi connectivity index (χ1n) is 3.59. The number of pyridine rings is 1. The molecule has 68 valence electrons. The molecule has 0 bridgehead atoms. The van der Waals surface area contributed by atoms with Crippen molar-refractivity contribution >= 4 is 38.5 Å². The van der Waals surface area contributed by atoms with E-state index in [-0.39, 0.29) is 6.04 Å². The Kier molecular flexibility index (Phi) is 4.09. The first-order chi connectivity index (χ1) is 6.15. The van der Waals surface area contributed by atoms with Crippen molar-refractivity contribution in [2.45, 2.75) is 12.5 Å². The van der Waals surface area contributed by atoms with Crippen LogP contribution in [0, 0.1) is 14.9 Å². The molecule has 0 aromatic carbocycles. The summed E-state index contributed by atoms with van der Waals surface area (Å²) in [7, 11) is 0. The third-order valence-corrected chi connectivity index (χ3v) is 3.73. The van der Waals surface area contributed by atoms with Crippen LogP contribution in [0.1, 0.15) is 18.2 Å². The molecule has 0 unspecified atom stereocenters. The maximum atomic E-state index is 8.45. The molecule has 0 aliphatic carbocycles. The van der Waals surface area contributed by atoms with Gasteiger partial charge < -0.3 is 5.73 Å². The number of hydrogen-bond acceptors (Lipinski definition) is 3. The Morgan fingerprint density at radius 3 is 2.92 bits per heavy atom. The van der Waals surface area contributed by atoms with Crippen LogP contribution in [0.4, 0.5) is 0 Å². The van der Waals surface area contributed by atoms with Crippen molar-refractivity contribution in [1.29, 1.82) is 5.26 Å². The van der Waals surface area contributed by atoms with Crippen LogP contribution in [0.25, 0.3) is 0 Å².